The van der Waals surface area contributed by atoms with Gasteiger partial charge in [-0.25, -0.2) is 0 Å². The molecule has 3 aromatic rings. The van der Waals surface area contributed by atoms with Gasteiger partial charge in [0.2, 0.25) is 17.2 Å². The lowest BCUT2D eigenvalue weighted by Gasteiger charge is -2.09. The second-order valence-electron chi connectivity index (χ2n) is 4.15. The first-order chi connectivity index (χ1) is 9.76. The molecule has 100 valence electrons. The average Bonchev–Trinajstić information content (AvgIpc) is 2.47. The van der Waals surface area contributed by atoms with Crippen LogP contribution in [0.4, 0.5) is 17.6 Å². The summed E-state index contributed by atoms with van der Waals surface area (Å²) in [6, 6.07) is 14.1. The van der Waals surface area contributed by atoms with Gasteiger partial charge in [0.15, 0.2) is 0 Å². The van der Waals surface area contributed by atoms with Crippen molar-refractivity contribution in [3.63, 3.8) is 0 Å². The van der Waals surface area contributed by atoms with E-state index >= 15 is 0 Å². The molecule has 0 radical (unpaired) electrons. The molecule has 1 heterocycles. The van der Waals surface area contributed by atoms with Gasteiger partial charge in [-0.15, -0.1) is 0 Å². The molecule has 0 saturated heterocycles. The molecule has 0 aliphatic rings. The van der Waals surface area contributed by atoms with Crippen molar-refractivity contribution < 1.29 is 0 Å². The Hall–Kier alpha value is -2.40. The zero-order chi connectivity index (χ0) is 13.9. The second kappa shape index (κ2) is 5.30. The Morgan fingerprint density at radius 1 is 0.900 bits per heavy atom. The van der Waals surface area contributed by atoms with E-state index in [0.717, 1.165) is 16.5 Å². The first-order valence-electron chi connectivity index (χ1n) is 6.10. The van der Waals surface area contributed by atoms with Gasteiger partial charge in [-0.3, -0.25) is 0 Å². The highest BCUT2D eigenvalue weighted by Gasteiger charge is 2.06. The first kappa shape index (κ1) is 12.6. The molecule has 3 rings (SSSR count). The summed E-state index contributed by atoms with van der Waals surface area (Å²) in [4.78, 5) is 12.2. The van der Waals surface area contributed by atoms with Crippen LogP contribution in [0.25, 0.3) is 10.8 Å². The predicted molar refractivity (Wildman–Crippen MR) is 81.6 cm³/mol. The fourth-order valence-corrected chi connectivity index (χ4v) is 2.13. The van der Waals surface area contributed by atoms with Crippen LogP contribution in [0.3, 0.4) is 0 Å². The highest BCUT2D eigenvalue weighted by atomic mass is 35.5. The fraction of sp³-hybridized carbons (Fsp3) is 0.0714. The van der Waals surface area contributed by atoms with Crippen LogP contribution in [0.15, 0.2) is 42.5 Å². The summed E-state index contributed by atoms with van der Waals surface area (Å²) in [6.45, 7) is 0. The molecule has 0 atom stereocenters. The minimum absolute atomic E-state index is 0.145. The predicted octanol–water partition coefficient (Wildman–Crippen LogP) is 3.46. The Kier molecular flexibility index (Phi) is 3.35. The molecule has 0 amide bonds. The summed E-state index contributed by atoms with van der Waals surface area (Å²) in [5.41, 5.74) is 0.924. The van der Waals surface area contributed by atoms with Crippen molar-refractivity contribution >= 4 is 40.0 Å². The van der Waals surface area contributed by atoms with Crippen molar-refractivity contribution in [1.29, 1.82) is 0 Å². The topological polar surface area (TPSA) is 62.7 Å². The van der Waals surface area contributed by atoms with Crippen LogP contribution in [0.2, 0.25) is 5.28 Å². The Labute approximate surface area is 121 Å². The lowest BCUT2D eigenvalue weighted by atomic mass is 10.1. The standard InChI is InChI=1S/C14H12ClN5/c1-16-13-18-12(15)19-14(20-13)17-11-8-4-6-9-5-2-3-7-10(9)11/h2-8H,1H3,(H2,16,17,18,19,20). The molecule has 6 heteroatoms. The van der Waals surface area contributed by atoms with Crippen molar-refractivity contribution in [2.75, 3.05) is 17.7 Å². The van der Waals surface area contributed by atoms with E-state index in [1.807, 2.05) is 30.3 Å². The molecule has 20 heavy (non-hydrogen) atoms. The highest BCUT2D eigenvalue weighted by Crippen LogP contribution is 2.25. The maximum absolute atomic E-state index is 5.87. The van der Waals surface area contributed by atoms with E-state index in [1.165, 1.54) is 0 Å². The third kappa shape index (κ3) is 2.48. The molecular weight excluding hydrogens is 274 g/mol. The van der Waals surface area contributed by atoms with Crippen molar-refractivity contribution in [2.45, 2.75) is 0 Å². The van der Waals surface area contributed by atoms with Gasteiger partial charge in [0.1, 0.15) is 0 Å². The van der Waals surface area contributed by atoms with E-state index in [9.17, 15) is 0 Å². The van der Waals surface area contributed by atoms with Crippen LogP contribution in [0.5, 0.6) is 0 Å². The number of halogens is 1. The van der Waals surface area contributed by atoms with Crippen molar-refractivity contribution in [1.82, 2.24) is 15.0 Å². The van der Waals surface area contributed by atoms with Gasteiger partial charge < -0.3 is 10.6 Å². The number of benzene rings is 2. The van der Waals surface area contributed by atoms with Crippen molar-refractivity contribution in [3.05, 3.63) is 47.7 Å². The number of aromatic nitrogens is 3. The Morgan fingerprint density at radius 3 is 2.50 bits per heavy atom. The molecule has 2 N–H and O–H groups in total. The van der Waals surface area contributed by atoms with Gasteiger partial charge in [0.25, 0.3) is 0 Å². The van der Waals surface area contributed by atoms with Gasteiger partial charge in [0, 0.05) is 18.1 Å². The molecule has 0 saturated carbocycles. The third-order valence-electron chi connectivity index (χ3n) is 2.87. The highest BCUT2D eigenvalue weighted by molar-refractivity contribution is 6.28. The van der Waals surface area contributed by atoms with Crippen molar-refractivity contribution in [2.24, 2.45) is 0 Å². The zero-order valence-corrected chi connectivity index (χ0v) is 11.5. The first-order valence-corrected chi connectivity index (χ1v) is 6.48. The van der Waals surface area contributed by atoms with Crippen molar-refractivity contribution in [3.8, 4) is 0 Å². The number of hydrogen-bond donors (Lipinski definition) is 2. The van der Waals surface area contributed by atoms with E-state index in [1.54, 1.807) is 7.05 Å². The van der Waals surface area contributed by atoms with E-state index in [4.69, 9.17) is 11.6 Å². The summed E-state index contributed by atoms with van der Waals surface area (Å²) in [6.07, 6.45) is 0. The molecule has 5 nitrogen and oxygen atoms in total. The van der Waals surface area contributed by atoms with Crippen LogP contribution in [0.1, 0.15) is 0 Å². The van der Waals surface area contributed by atoms with E-state index < -0.39 is 0 Å². The number of anilines is 3. The molecule has 0 fully saturated rings. The normalized spacial score (nSPS) is 10.5. The summed E-state index contributed by atoms with van der Waals surface area (Å²) < 4.78 is 0. The number of rotatable bonds is 3. The SMILES string of the molecule is CNc1nc(Cl)nc(Nc2cccc3ccccc23)n1. The molecule has 0 unspecified atom stereocenters. The smallest absolute Gasteiger partial charge is 0.233 e. The minimum Gasteiger partial charge on any atom is -0.357 e. The summed E-state index contributed by atoms with van der Waals surface area (Å²) in [5.74, 6) is 0.832. The Bertz CT molecular complexity index is 754. The van der Waals surface area contributed by atoms with Crippen LogP contribution < -0.4 is 10.6 Å². The van der Waals surface area contributed by atoms with Crippen LogP contribution in [-0.4, -0.2) is 22.0 Å². The van der Waals surface area contributed by atoms with Crippen LogP contribution in [0, 0.1) is 0 Å². The quantitative estimate of drug-likeness (QED) is 0.771. The van der Waals surface area contributed by atoms with Crippen LogP contribution in [-0.2, 0) is 0 Å². The van der Waals surface area contributed by atoms with Gasteiger partial charge >= 0.3 is 0 Å². The van der Waals surface area contributed by atoms with Gasteiger partial charge in [-0.2, -0.15) is 15.0 Å². The minimum atomic E-state index is 0.145. The molecule has 1 aromatic heterocycles. The molecule has 0 spiro atoms. The largest absolute Gasteiger partial charge is 0.357 e. The zero-order valence-electron chi connectivity index (χ0n) is 10.8. The average molecular weight is 286 g/mol. The molecule has 2 aromatic carbocycles. The molecule has 0 aliphatic carbocycles. The molecular formula is C14H12ClN5. The maximum atomic E-state index is 5.87. The number of nitrogens with zero attached hydrogens (tertiary/aromatic N) is 3. The summed E-state index contributed by atoms with van der Waals surface area (Å²) >= 11 is 5.87. The van der Waals surface area contributed by atoms with Gasteiger partial charge in [-0.1, -0.05) is 36.4 Å². The monoisotopic (exact) mass is 285 g/mol. The van der Waals surface area contributed by atoms with E-state index in [0.29, 0.717) is 11.9 Å². The second-order valence-corrected chi connectivity index (χ2v) is 4.49. The number of nitrogens with one attached hydrogen (secondary N) is 2. The number of hydrogen-bond acceptors (Lipinski definition) is 5. The Morgan fingerprint density at radius 2 is 1.65 bits per heavy atom. The van der Waals surface area contributed by atoms with Crippen LogP contribution >= 0.6 is 11.6 Å². The number of fused-ring (bicyclic) bond motifs is 1. The summed E-state index contributed by atoms with van der Waals surface area (Å²) in [7, 11) is 1.73. The van der Waals surface area contributed by atoms with E-state index in [2.05, 4.69) is 37.7 Å². The lowest BCUT2D eigenvalue weighted by Crippen LogP contribution is -2.03. The Balaban J connectivity index is 2.03. The van der Waals surface area contributed by atoms with E-state index in [-0.39, 0.29) is 5.28 Å². The van der Waals surface area contributed by atoms with Gasteiger partial charge in [-0.05, 0) is 23.1 Å². The van der Waals surface area contributed by atoms with Gasteiger partial charge in [0.05, 0.1) is 0 Å². The molecule has 0 aliphatic heterocycles. The lowest BCUT2D eigenvalue weighted by molar-refractivity contribution is 1.05. The summed E-state index contributed by atoms with van der Waals surface area (Å²) in [5, 5.41) is 8.41. The fourth-order valence-electron chi connectivity index (χ4n) is 1.97. The molecule has 0 bridgehead atoms. The maximum Gasteiger partial charge on any atom is 0.233 e. The third-order valence-corrected chi connectivity index (χ3v) is 3.04.